The fourth-order valence-electron chi connectivity index (χ4n) is 2.45. The third-order valence-corrected chi connectivity index (χ3v) is 4.03. The Morgan fingerprint density at radius 2 is 2.39 bits per heavy atom. The molecule has 7 heteroatoms. The highest BCUT2D eigenvalue weighted by Gasteiger charge is 2.28. The number of aromatic nitrogens is 5. The second kappa shape index (κ2) is 4.74. The first-order valence-electron chi connectivity index (χ1n) is 6.11. The van der Waals surface area contributed by atoms with Crippen molar-refractivity contribution >= 4 is 11.3 Å². The molecule has 96 valence electrons. The van der Waals surface area contributed by atoms with Crippen LogP contribution in [0.1, 0.15) is 35.4 Å². The molecule has 0 saturated carbocycles. The molecular formula is C11H16N6S. The molecule has 1 aliphatic rings. The van der Waals surface area contributed by atoms with E-state index in [9.17, 15) is 0 Å². The fraction of sp³-hybridized carbons (Fsp3) is 0.636. The van der Waals surface area contributed by atoms with Crippen LogP contribution in [-0.4, -0.2) is 36.6 Å². The second-order valence-corrected chi connectivity index (χ2v) is 5.68. The molecule has 1 fully saturated rings. The smallest absolute Gasteiger partial charge is 0.188 e. The molecule has 3 heterocycles. The van der Waals surface area contributed by atoms with Gasteiger partial charge >= 0.3 is 0 Å². The van der Waals surface area contributed by atoms with E-state index in [2.05, 4.69) is 37.6 Å². The minimum Gasteiger partial charge on any atom is -0.287 e. The van der Waals surface area contributed by atoms with Crippen molar-refractivity contribution < 1.29 is 0 Å². The van der Waals surface area contributed by atoms with E-state index >= 15 is 0 Å². The van der Waals surface area contributed by atoms with E-state index in [1.807, 2.05) is 0 Å². The molecule has 0 N–H and O–H groups in total. The molecule has 1 unspecified atom stereocenters. The quantitative estimate of drug-likeness (QED) is 0.836. The zero-order valence-corrected chi connectivity index (χ0v) is 11.4. The molecule has 3 rings (SSSR count). The van der Waals surface area contributed by atoms with Gasteiger partial charge in [-0.2, -0.15) is 4.80 Å². The van der Waals surface area contributed by atoms with Crippen molar-refractivity contribution in [1.29, 1.82) is 0 Å². The van der Waals surface area contributed by atoms with Crippen LogP contribution in [0, 0.1) is 6.92 Å². The largest absolute Gasteiger partial charge is 0.287 e. The molecular weight excluding hydrogens is 248 g/mol. The molecule has 2 aromatic heterocycles. The van der Waals surface area contributed by atoms with Crippen LogP contribution in [0.4, 0.5) is 0 Å². The van der Waals surface area contributed by atoms with Crippen molar-refractivity contribution in [2.75, 3.05) is 6.54 Å². The molecule has 0 aliphatic carbocycles. The summed E-state index contributed by atoms with van der Waals surface area (Å²) in [6.07, 6.45) is 2.38. The van der Waals surface area contributed by atoms with Crippen LogP contribution in [0.2, 0.25) is 0 Å². The first-order valence-corrected chi connectivity index (χ1v) is 6.99. The van der Waals surface area contributed by atoms with Gasteiger partial charge in [-0.25, -0.2) is 4.98 Å². The summed E-state index contributed by atoms with van der Waals surface area (Å²) in [5, 5.41) is 15.5. The van der Waals surface area contributed by atoms with Gasteiger partial charge in [0.05, 0.1) is 30.3 Å². The SMILES string of the molecule is Cc1nc(C2CCCN2Cc2nnn(C)n2)cs1. The van der Waals surface area contributed by atoms with E-state index in [1.165, 1.54) is 23.3 Å². The maximum absolute atomic E-state index is 4.60. The molecule has 1 aliphatic heterocycles. The molecule has 18 heavy (non-hydrogen) atoms. The number of hydrogen-bond acceptors (Lipinski definition) is 6. The zero-order valence-electron chi connectivity index (χ0n) is 10.6. The highest BCUT2D eigenvalue weighted by atomic mass is 32.1. The summed E-state index contributed by atoms with van der Waals surface area (Å²) >= 11 is 1.72. The van der Waals surface area contributed by atoms with E-state index < -0.39 is 0 Å². The van der Waals surface area contributed by atoms with Gasteiger partial charge < -0.3 is 0 Å². The van der Waals surface area contributed by atoms with Crippen LogP contribution in [-0.2, 0) is 13.6 Å². The number of tetrazole rings is 1. The predicted octanol–water partition coefficient (Wildman–Crippen LogP) is 1.31. The lowest BCUT2D eigenvalue weighted by molar-refractivity contribution is 0.238. The highest BCUT2D eigenvalue weighted by molar-refractivity contribution is 7.09. The summed E-state index contributed by atoms with van der Waals surface area (Å²) < 4.78 is 0. The Morgan fingerprint density at radius 1 is 1.50 bits per heavy atom. The number of nitrogens with zero attached hydrogens (tertiary/aromatic N) is 6. The average molecular weight is 264 g/mol. The summed E-state index contributed by atoms with van der Waals surface area (Å²) in [7, 11) is 1.79. The van der Waals surface area contributed by atoms with Gasteiger partial charge in [0, 0.05) is 5.38 Å². The third-order valence-electron chi connectivity index (χ3n) is 3.24. The monoisotopic (exact) mass is 264 g/mol. The summed E-state index contributed by atoms with van der Waals surface area (Å²) in [4.78, 5) is 8.51. The van der Waals surface area contributed by atoms with Gasteiger partial charge in [-0.1, -0.05) is 0 Å². The molecule has 0 radical (unpaired) electrons. The van der Waals surface area contributed by atoms with Gasteiger partial charge in [0.1, 0.15) is 0 Å². The average Bonchev–Trinajstić information content (AvgIpc) is 3.01. The van der Waals surface area contributed by atoms with Gasteiger partial charge in [-0.15, -0.1) is 21.5 Å². The molecule has 1 atom stereocenters. The van der Waals surface area contributed by atoms with Crippen LogP contribution in [0.25, 0.3) is 0 Å². The topological polar surface area (TPSA) is 59.7 Å². The van der Waals surface area contributed by atoms with Gasteiger partial charge in [0.15, 0.2) is 5.82 Å². The minimum atomic E-state index is 0.416. The standard InChI is InChI=1S/C11H16N6S/c1-8-12-9(7-18-8)10-4-3-5-17(10)6-11-13-15-16(2)14-11/h7,10H,3-6H2,1-2H3. The number of rotatable bonds is 3. The van der Waals surface area contributed by atoms with Gasteiger partial charge in [0.2, 0.25) is 0 Å². The van der Waals surface area contributed by atoms with E-state index in [-0.39, 0.29) is 0 Å². The number of likely N-dealkylation sites (tertiary alicyclic amines) is 1. The number of aryl methyl sites for hydroxylation is 2. The van der Waals surface area contributed by atoms with Crippen LogP contribution >= 0.6 is 11.3 Å². The lowest BCUT2D eigenvalue weighted by Crippen LogP contribution is -2.23. The fourth-order valence-corrected chi connectivity index (χ4v) is 3.11. The Bertz CT molecular complexity index is 533. The van der Waals surface area contributed by atoms with E-state index in [4.69, 9.17) is 0 Å². The number of hydrogen-bond donors (Lipinski definition) is 0. The number of thiazole rings is 1. The van der Waals surface area contributed by atoms with Crippen LogP contribution in [0.5, 0.6) is 0 Å². The van der Waals surface area contributed by atoms with E-state index in [0.29, 0.717) is 6.04 Å². The lowest BCUT2D eigenvalue weighted by Gasteiger charge is -2.21. The lowest BCUT2D eigenvalue weighted by atomic mass is 10.2. The van der Waals surface area contributed by atoms with Crippen molar-refractivity contribution in [3.8, 4) is 0 Å². The molecule has 1 saturated heterocycles. The maximum atomic E-state index is 4.60. The van der Waals surface area contributed by atoms with Crippen molar-refractivity contribution in [2.24, 2.45) is 7.05 Å². The maximum Gasteiger partial charge on any atom is 0.188 e. The zero-order chi connectivity index (χ0) is 12.5. The Hall–Kier alpha value is -1.34. The molecule has 0 bridgehead atoms. The molecule has 0 aromatic carbocycles. The predicted molar refractivity (Wildman–Crippen MR) is 68.0 cm³/mol. The van der Waals surface area contributed by atoms with Gasteiger partial charge in [-0.05, 0) is 31.5 Å². The minimum absolute atomic E-state index is 0.416. The van der Waals surface area contributed by atoms with Crippen molar-refractivity contribution in [2.45, 2.75) is 32.4 Å². The normalized spacial score (nSPS) is 20.7. The second-order valence-electron chi connectivity index (χ2n) is 4.62. The molecule has 6 nitrogen and oxygen atoms in total. The van der Waals surface area contributed by atoms with Crippen molar-refractivity contribution in [1.82, 2.24) is 30.1 Å². The highest BCUT2D eigenvalue weighted by Crippen LogP contribution is 2.32. The van der Waals surface area contributed by atoms with Crippen molar-refractivity contribution in [3.63, 3.8) is 0 Å². The summed E-state index contributed by atoms with van der Waals surface area (Å²) in [5.41, 5.74) is 1.19. The first-order chi connectivity index (χ1) is 8.72. The Balaban J connectivity index is 1.75. The molecule has 2 aromatic rings. The van der Waals surface area contributed by atoms with Gasteiger partial charge in [-0.3, -0.25) is 4.90 Å². The van der Waals surface area contributed by atoms with Crippen LogP contribution in [0.3, 0.4) is 0 Å². The Kier molecular flexibility index (Phi) is 3.09. The first kappa shape index (κ1) is 11.7. The van der Waals surface area contributed by atoms with E-state index in [1.54, 1.807) is 18.4 Å². The molecule has 0 amide bonds. The van der Waals surface area contributed by atoms with Crippen LogP contribution < -0.4 is 0 Å². The summed E-state index contributed by atoms with van der Waals surface area (Å²) in [6.45, 7) is 3.90. The summed E-state index contributed by atoms with van der Waals surface area (Å²) in [6, 6.07) is 0.416. The van der Waals surface area contributed by atoms with Gasteiger partial charge in [0.25, 0.3) is 0 Å². The van der Waals surface area contributed by atoms with E-state index in [0.717, 1.165) is 23.9 Å². The van der Waals surface area contributed by atoms with Crippen LogP contribution in [0.15, 0.2) is 5.38 Å². The Morgan fingerprint density at radius 3 is 3.06 bits per heavy atom. The van der Waals surface area contributed by atoms with Crippen molar-refractivity contribution in [3.05, 3.63) is 21.9 Å². The summed E-state index contributed by atoms with van der Waals surface area (Å²) in [5.74, 6) is 0.788. The Labute approximate surface area is 110 Å². The third kappa shape index (κ3) is 2.28. The molecule has 0 spiro atoms.